The maximum Gasteiger partial charge on any atom is 0.466 e. The highest BCUT2D eigenvalue weighted by Gasteiger charge is 2.26. The molecule has 174 valence electrons. The van der Waals surface area contributed by atoms with Gasteiger partial charge in [-0.05, 0) is 37.0 Å². The first-order valence-electron chi connectivity index (χ1n) is 9.50. The number of para-hydroxylation sites is 1. The van der Waals surface area contributed by atoms with Crippen molar-refractivity contribution < 1.29 is 33.6 Å². The van der Waals surface area contributed by atoms with Crippen molar-refractivity contribution in [2.24, 2.45) is 12.8 Å². The number of carbonyl (C=O) groups is 2. The van der Waals surface area contributed by atoms with Gasteiger partial charge in [-0.15, -0.1) is 0 Å². The summed E-state index contributed by atoms with van der Waals surface area (Å²) in [5.74, 6) is 0.0327. The summed E-state index contributed by atoms with van der Waals surface area (Å²) in [7, 11) is -2.68. The number of benzene rings is 1. The highest BCUT2D eigenvalue weighted by atomic mass is 32.2. The molecule has 0 saturated heterocycles. The third kappa shape index (κ3) is 9.86. The van der Waals surface area contributed by atoms with Gasteiger partial charge in [0.25, 0.3) is 0 Å². The molecule has 1 aromatic heterocycles. The number of nitrogens with one attached hydrogen (secondary N) is 1. The lowest BCUT2D eigenvalue weighted by Crippen LogP contribution is -2.50. The predicted molar refractivity (Wildman–Crippen MR) is 120 cm³/mol. The second-order valence-corrected chi connectivity index (χ2v) is 8.71. The first-order chi connectivity index (χ1) is 14.5. The Morgan fingerprint density at radius 2 is 1.90 bits per heavy atom. The van der Waals surface area contributed by atoms with E-state index in [0.717, 1.165) is 22.2 Å². The molecule has 2 atom stereocenters. The zero-order chi connectivity index (χ0) is 23.6. The van der Waals surface area contributed by atoms with Gasteiger partial charge in [-0.1, -0.05) is 18.2 Å². The van der Waals surface area contributed by atoms with Crippen LogP contribution in [-0.2, 0) is 32.4 Å². The largest absolute Gasteiger partial charge is 0.466 e. The summed E-state index contributed by atoms with van der Waals surface area (Å²) in [5.41, 5.74) is 7.99. The third-order valence-electron chi connectivity index (χ3n) is 4.26. The van der Waals surface area contributed by atoms with Gasteiger partial charge in [0.15, 0.2) is 0 Å². The Morgan fingerprint density at radius 3 is 2.48 bits per heavy atom. The lowest BCUT2D eigenvalue weighted by atomic mass is 10.0. The summed E-state index contributed by atoms with van der Waals surface area (Å²) in [6.07, 6.45) is 4.88. The highest BCUT2D eigenvalue weighted by Crippen LogP contribution is 2.26. The summed E-state index contributed by atoms with van der Waals surface area (Å²) in [5, 5.41) is 3.84. The zero-order valence-electron chi connectivity index (χ0n) is 17.7. The number of thioether (sulfide) groups is 1. The number of aryl methyl sites for hydroxylation is 1. The van der Waals surface area contributed by atoms with Crippen LogP contribution in [0.5, 0.6) is 0 Å². The van der Waals surface area contributed by atoms with E-state index in [9.17, 15) is 9.59 Å². The lowest BCUT2D eigenvalue weighted by Gasteiger charge is -2.19. The lowest BCUT2D eigenvalue weighted by molar-refractivity contribution is -0.147. The van der Waals surface area contributed by atoms with Gasteiger partial charge in [0, 0.05) is 30.6 Å². The van der Waals surface area contributed by atoms with Crippen LogP contribution in [0.2, 0.25) is 0 Å². The molecular weight excluding hydrogens is 445 g/mol. The molecule has 12 heteroatoms. The van der Waals surface area contributed by atoms with Crippen molar-refractivity contribution in [3.8, 4) is 0 Å². The van der Waals surface area contributed by atoms with E-state index < -0.39 is 25.9 Å². The molecule has 0 saturated carbocycles. The minimum absolute atomic E-state index is 0.263. The molecule has 0 aliphatic heterocycles. The number of phosphoric acid groups is 1. The normalized spacial score (nSPS) is 13.1. The molecule has 6 N–H and O–H groups in total. The molecule has 0 fully saturated rings. The van der Waals surface area contributed by atoms with E-state index in [1.165, 1.54) is 0 Å². The number of nitrogens with two attached hydrogens (primary N) is 1. The van der Waals surface area contributed by atoms with Crippen molar-refractivity contribution in [1.82, 2.24) is 9.88 Å². The number of esters is 1. The predicted octanol–water partition coefficient (Wildman–Crippen LogP) is 0.921. The maximum absolute atomic E-state index is 12.4. The number of aromatic nitrogens is 1. The average molecular weight is 476 g/mol. The Morgan fingerprint density at radius 1 is 1.29 bits per heavy atom. The van der Waals surface area contributed by atoms with Crippen LogP contribution in [0.4, 0.5) is 0 Å². The Hall–Kier alpha value is -1.88. The van der Waals surface area contributed by atoms with E-state index in [0.29, 0.717) is 12.8 Å². The molecule has 31 heavy (non-hydrogen) atoms. The molecular formula is C19H30N3O7PS. The van der Waals surface area contributed by atoms with Gasteiger partial charge in [0.1, 0.15) is 6.04 Å². The van der Waals surface area contributed by atoms with Crippen LogP contribution >= 0.6 is 19.6 Å². The molecule has 0 aliphatic carbocycles. The van der Waals surface area contributed by atoms with E-state index in [1.807, 2.05) is 48.3 Å². The number of nitrogens with zero attached hydrogens (tertiary/aromatic N) is 1. The van der Waals surface area contributed by atoms with Crippen LogP contribution < -0.4 is 11.1 Å². The van der Waals surface area contributed by atoms with Crippen molar-refractivity contribution in [3.63, 3.8) is 0 Å². The number of rotatable bonds is 9. The van der Waals surface area contributed by atoms with Crippen molar-refractivity contribution >= 4 is 42.4 Å². The van der Waals surface area contributed by atoms with Gasteiger partial charge < -0.3 is 35.0 Å². The molecule has 1 aromatic carbocycles. The van der Waals surface area contributed by atoms with E-state index in [4.69, 9.17) is 29.7 Å². The number of fused-ring (bicyclic) bond motifs is 1. The second kappa shape index (κ2) is 12.8. The van der Waals surface area contributed by atoms with Gasteiger partial charge in [-0.3, -0.25) is 4.79 Å². The number of hydrogen-bond donors (Lipinski definition) is 5. The molecule has 1 heterocycles. The number of hydrogen-bond acceptors (Lipinski definition) is 6. The Balaban J connectivity index is 0.000000861. The van der Waals surface area contributed by atoms with Crippen molar-refractivity contribution in [2.45, 2.75) is 31.8 Å². The molecule has 2 aromatic rings. The summed E-state index contributed by atoms with van der Waals surface area (Å²) in [6, 6.07) is 6.58. The van der Waals surface area contributed by atoms with Gasteiger partial charge >= 0.3 is 13.8 Å². The van der Waals surface area contributed by atoms with E-state index in [2.05, 4.69) is 5.32 Å². The number of amides is 1. The van der Waals surface area contributed by atoms with Crippen molar-refractivity contribution in [1.29, 1.82) is 0 Å². The van der Waals surface area contributed by atoms with Crippen LogP contribution in [0.15, 0.2) is 30.5 Å². The minimum Gasteiger partial charge on any atom is -0.464 e. The Labute approximate surface area is 185 Å². The van der Waals surface area contributed by atoms with Crippen LogP contribution in [0.1, 0.15) is 18.9 Å². The first-order valence-corrected chi connectivity index (χ1v) is 12.5. The van der Waals surface area contributed by atoms with Crippen LogP contribution in [0, 0.1) is 0 Å². The molecule has 0 bridgehead atoms. The summed E-state index contributed by atoms with van der Waals surface area (Å²) >= 11 is 1.63. The van der Waals surface area contributed by atoms with Gasteiger partial charge in [-0.2, -0.15) is 11.8 Å². The standard InChI is InChI=1S/C19H27N3O3S.H3O4P/c1-4-25-19(24)16(21-18(23)15(20)9-10-26-3)11-13-12-22(2)17-8-6-5-7-14(13)17;1-5(2,3)4/h5-8,12,15-16H,4,9-11,20H2,1-3H3,(H,21,23);(H3,1,2,3,4)/t15-,16+;/m0./s1. The molecule has 0 spiro atoms. The molecule has 0 aliphatic rings. The zero-order valence-corrected chi connectivity index (χ0v) is 19.4. The average Bonchev–Trinajstić information content (AvgIpc) is 3.00. The van der Waals surface area contributed by atoms with Gasteiger partial charge in [-0.25, -0.2) is 9.36 Å². The van der Waals surface area contributed by atoms with Crippen LogP contribution in [0.3, 0.4) is 0 Å². The number of carbonyl (C=O) groups excluding carboxylic acids is 2. The minimum atomic E-state index is -4.64. The van der Waals surface area contributed by atoms with Crippen LogP contribution in [0.25, 0.3) is 10.9 Å². The SMILES string of the molecule is CCOC(=O)[C@@H](Cc1cn(C)c2ccccc12)NC(=O)[C@@H](N)CCSC.O=P(O)(O)O. The summed E-state index contributed by atoms with van der Waals surface area (Å²) in [4.78, 5) is 46.3. The van der Waals surface area contributed by atoms with Crippen molar-refractivity contribution in [2.75, 3.05) is 18.6 Å². The summed E-state index contributed by atoms with van der Waals surface area (Å²) < 4.78 is 16.0. The Bertz CT molecular complexity index is 907. The fourth-order valence-corrected chi connectivity index (χ4v) is 3.39. The van der Waals surface area contributed by atoms with Crippen LogP contribution in [-0.4, -0.2) is 61.8 Å². The highest BCUT2D eigenvalue weighted by molar-refractivity contribution is 7.98. The monoisotopic (exact) mass is 475 g/mol. The van der Waals surface area contributed by atoms with E-state index in [1.54, 1.807) is 18.7 Å². The van der Waals surface area contributed by atoms with E-state index >= 15 is 0 Å². The maximum atomic E-state index is 12.4. The summed E-state index contributed by atoms with van der Waals surface area (Å²) in [6.45, 7) is 2.01. The molecule has 10 nitrogen and oxygen atoms in total. The topological polar surface area (TPSA) is 164 Å². The molecule has 2 rings (SSSR count). The molecule has 1 amide bonds. The first kappa shape index (κ1) is 27.2. The fourth-order valence-electron chi connectivity index (χ4n) is 2.90. The molecule has 0 radical (unpaired) electrons. The number of ether oxygens (including phenoxy) is 1. The van der Waals surface area contributed by atoms with E-state index in [-0.39, 0.29) is 12.5 Å². The Kier molecular flexibility index (Phi) is 11.3. The second-order valence-electron chi connectivity index (χ2n) is 6.70. The third-order valence-corrected chi connectivity index (χ3v) is 4.90. The van der Waals surface area contributed by atoms with Crippen molar-refractivity contribution in [3.05, 3.63) is 36.0 Å². The molecule has 0 unspecified atom stereocenters. The fraction of sp³-hybridized carbons (Fsp3) is 0.474. The smallest absolute Gasteiger partial charge is 0.464 e. The quantitative estimate of drug-likeness (QED) is 0.262. The van der Waals surface area contributed by atoms with Gasteiger partial charge in [0.2, 0.25) is 5.91 Å². The van der Waals surface area contributed by atoms with Gasteiger partial charge in [0.05, 0.1) is 12.6 Å².